The second kappa shape index (κ2) is 5.98. The van der Waals surface area contributed by atoms with E-state index in [1.54, 1.807) is 0 Å². The summed E-state index contributed by atoms with van der Waals surface area (Å²) in [5, 5.41) is 4.28. The van der Waals surface area contributed by atoms with Crippen LogP contribution in [0.5, 0.6) is 0 Å². The molecule has 0 spiro atoms. The molecule has 2 nitrogen and oxygen atoms in total. The quantitative estimate of drug-likeness (QED) is 0.902. The molecule has 1 atom stereocenters. The lowest BCUT2D eigenvalue weighted by Gasteiger charge is -2.16. The Kier molecular flexibility index (Phi) is 4.34. The standard InChI is InChI=1S/C15H17ClN2/c1-11-7-8-17-9-13(11)10-18-12(2)14-5-3-4-6-15(14)16/h3-9,12,18H,10H2,1-2H3. The van der Waals surface area contributed by atoms with E-state index in [2.05, 4.69) is 30.2 Å². The highest BCUT2D eigenvalue weighted by atomic mass is 35.5. The highest BCUT2D eigenvalue weighted by Crippen LogP contribution is 2.22. The van der Waals surface area contributed by atoms with E-state index < -0.39 is 0 Å². The van der Waals surface area contributed by atoms with Gasteiger partial charge in [-0.3, -0.25) is 4.98 Å². The zero-order valence-electron chi connectivity index (χ0n) is 10.7. The number of aromatic nitrogens is 1. The van der Waals surface area contributed by atoms with Crippen LogP contribution in [-0.2, 0) is 6.54 Å². The molecule has 1 unspecified atom stereocenters. The summed E-state index contributed by atoms with van der Waals surface area (Å²) in [5.74, 6) is 0. The molecule has 3 heteroatoms. The molecule has 0 saturated heterocycles. The molecule has 2 rings (SSSR count). The molecule has 18 heavy (non-hydrogen) atoms. The third-order valence-corrected chi connectivity index (χ3v) is 3.46. The first kappa shape index (κ1) is 13.1. The summed E-state index contributed by atoms with van der Waals surface area (Å²) in [6, 6.07) is 10.2. The fraction of sp³-hybridized carbons (Fsp3) is 0.267. The van der Waals surface area contributed by atoms with E-state index >= 15 is 0 Å². The lowest BCUT2D eigenvalue weighted by Crippen LogP contribution is -2.19. The average Bonchev–Trinajstić information content (AvgIpc) is 2.38. The Bertz CT molecular complexity index is 525. The number of rotatable bonds is 4. The SMILES string of the molecule is Cc1ccncc1CNC(C)c1ccccc1Cl. The molecule has 0 aliphatic heterocycles. The molecule has 1 aromatic carbocycles. The zero-order valence-corrected chi connectivity index (χ0v) is 11.4. The van der Waals surface area contributed by atoms with Crippen LogP contribution < -0.4 is 5.32 Å². The van der Waals surface area contributed by atoms with E-state index in [4.69, 9.17) is 11.6 Å². The maximum atomic E-state index is 6.18. The van der Waals surface area contributed by atoms with Gasteiger partial charge in [-0.15, -0.1) is 0 Å². The third kappa shape index (κ3) is 3.09. The van der Waals surface area contributed by atoms with E-state index in [0.717, 1.165) is 17.1 Å². The van der Waals surface area contributed by atoms with Gasteiger partial charge in [-0.2, -0.15) is 0 Å². The van der Waals surface area contributed by atoms with Gasteiger partial charge in [-0.1, -0.05) is 29.8 Å². The fourth-order valence-electron chi connectivity index (χ4n) is 1.88. The first-order valence-corrected chi connectivity index (χ1v) is 6.43. The smallest absolute Gasteiger partial charge is 0.0453 e. The van der Waals surface area contributed by atoms with Crippen molar-refractivity contribution in [3.05, 3.63) is 64.4 Å². The molecule has 0 fully saturated rings. The van der Waals surface area contributed by atoms with Gasteiger partial charge < -0.3 is 5.32 Å². The molecule has 1 aromatic heterocycles. The van der Waals surface area contributed by atoms with Crippen LogP contribution in [0.4, 0.5) is 0 Å². The van der Waals surface area contributed by atoms with Crippen molar-refractivity contribution in [1.29, 1.82) is 0 Å². The number of nitrogens with zero attached hydrogens (tertiary/aromatic N) is 1. The Hall–Kier alpha value is -1.38. The lowest BCUT2D eigenvalue weighted by atomic mass is 10.1. The number of benzene rings is 1. The van der Waals surface area contributed by atoms with Crippen molar-refractivity contribution in [1.82, 2.24) is 10.3 Å². The number of pyridine rings is 1. The van der Waals surface area contributed by atoms with E-state index in [9.17, 15) is 0 Å². The zero-order chi connectivity index (χ0) is 13.0. The number of hydrogen-bond acceptors (Lipinski definition) is 2. The average molecular weight is 261 g/mol. The van der Waals surface area contributed by atoms with Crippen LogP contribution in [0, 0.1) is 6.92 Å². The summed E-state index contributed by atoms with van der Waals surface area (Å²) >= 11 is 6.18. The van der Waals surface area contributed by atoms with Crippen LogP contribution >= 0.6 is 11.6 Å². The van der Waals surface area contributed by atoms with Gasteiger partial charge in [0.25, 0.3) is 0 Å². The van der Waals surface area contributed by atoms with Crippen LogP contribution in [0.1, 0.15) is 29.7 Å². The van der Waals surface area contributed by atoms with E-state index in [0.29, 0.717) is 0 Å². The number of nitrogens with one attached hydrogen (secondary N) is 1. The summed E-state index contributed by atoms with van der Waals surface area (Å²) in [5.41, 5.74) is 3.60. The Labute approximate surface area is 113 Å². The predicted octanol–water partition coefficient (Wildman–Crippen LogP) is 3.89. The van der Waals surface area contributed by atoms with Crippen LogP contribution in [0.3, 0.4) is 0 Å². The highest BCUT2D eigenvalue weighted by molar-refractivity contribution is 6.31. The van der Waals surface area contributed by atoms with Gasteiger partial charge in [-0.25, -0.2) is 0 Å². The van der Waals surface area contributed by atoms with Crippen LogP contribution in [0.15, 0.2) is 42.7 Å². The van der Waals surface area contributed by atoms with Crippen molar-refractivity contribution in [3.8, 4) is 0 Å². The topological polar surface area (TPSA) is 24.9 Å². The van der Waals surface area contributed by atoms with Crippen LogP contribution in [0.2, 0.25) is 5.02 Å². The van der Waals surface area contributed by atoms with Gasteiger partial charge in [0.15, 0.2) is 0 Å². The van der Waals surface area contributed by atoms with Crippen molar-refractivity contribution >= 4 is 11.6 Å². The third-order valence-electron chi connectivity index (χ3n) is 3.12. The monoisotopic (exact) mass is 260 g/mol. The van der Waals surface area contributed by atoms with Gasteiger partial charge in [0.1, 0.15) is 0 Å². The van der Waals surface area contributed by atoms with Gasteiger partial charge in [0.2, 0.25) is 0 Å². The second-order valence-corrected chi connectivity index (χ2v) is 4.83. The maximum Gasteiger partial charge on any atom is 0.0453 e. The van der Waals surface area contributed by atoms with Gasteiger partial charge >= 0.3 is 0 Å². The van der Waals surface area contributed by atoms with Crippen molar-refractivity contribution in [2.75, 3.05) is 0 Å². The molecular formula is C15H17ClN2. The summed E-state index contributed by atoms with van der Waals surface area (Å²) in [7, 11) is 0. The number of aryl methyl sites for hydroxylation is 1. The molecule has 0 radical (unpaired) electrons. The fourth-order valence-corrected chi connectivity index (χ4v) is 2.18. The Morgan fingerprint density at radius 3 is 2.78 bits per heavy atom. The van der Waals surface area contributed by atoms with Crippen molar-refractivity contribution in [3.63, 3.8) is 0 Å². The summed E-state index contributed by atoms with van der Waals surface area (Å²) in [6.45, 7) is 5.01. The lowest BCUT2D eigenvalue weighted by molar-refractivity contribution is 0.572. The minimum atomic E-state index is 0.221. The van der Waals surface area contributed by atoms with Crippen molar-refractivity contribution in [2.24, 2.45) is 0 Å². The predicted molar refractivity (Wildman–Crippen MR) is 75.7 cm³/mol. The van der Waals surface area contributed by atoms with Gasteiger partial charge in [0, 0.05) is 30.0 Å². The molecule has 0 aliphatic carbocycles. The van der Waals surface area contributed by atoms with Crippen molar-refractivity contribution in [2.45, 2.75) is 26.4 Å². The molecule has 0 saturated carbocycles. The first-order valence-electron chi connectivity index (χ1n) is 6.06. The molecule has 0 aliphatic rings. The molecular weight excluding hydrogens is 244 g/mol. The largest absolute Gasteiger partial charge is 0.306 e. The Morgan fingerprint density at radius 2 is 2.06 bits per heavy atom. The number of halogens is 1. The molecule has 1 heterocycles. The molecule has 2 aromatic rings. The molecule has 0 bridgehead atoms. The van der Waals surface area contributed by atoms with Gasteiger partial charge in [0.05, 0.1) is 0 Å². The first-order chi connectivity index (χ1) is 8.68. The van der Waals surface area contributed by atoms with E-state index in [-0.39, 0.29) is 6.04 Å². The maximum absolute atomic E-state index is 6.18. The van der Waals surface area contributed by atoms with Gasteiger partial charge in [-0.05, 0) is 42.7 Å². The number of hydrogen-bond donors (Lipinski definition) is 1. The summed E-state index contributed by atoms with van der Waals surface area (Å²) < 4.78 is 0. The second-order valence-electron chi connectivity index (χ2n) is 4.43. The summed E-state index contributed by atoms with van der Waals surface area (Å²) in [4.78, 5) is 4.15. The molecule has 0 amide bonds. The van der Waals surface area contributed by atoms with Crippen molar-refractivity contribution < 1.29 is 0 Å². The molecule has 1 N–H and O–H groups in total. The Morgan fingerprint density at radius 1 is 1.28 bits per heavy atom. The normalized spacial score (nSPS) is 12.4. The van der Waals surface area contributed by atoms with E-state index in [1.165, 1.54) is 11.1 Å². The summed E-state index contributed by atoms with van der Waals surface area (Å²) in [6.07, 6.45) is 3.72. The van der Waals surface area contributed by atoms with Crippen LogP contribution in [0.25, 0.3) is 0 Å². The minimum Gasteiger partial charge on any atom is -0.306 e. The molecule has 94 valence electrons. The van der Waals surface area contributed by atoms with Crippen LogP contribution in [-0.4, -0.2) is 4.98 Å². The highest BCUT2D eigenvalue weighted by Gasteiger charge is 2.08. The van der Waals surface area contributed by atoms with E-state index in [1.807, 2.05) is 36.7 Å². The Balaban J connectivity index is 2.03. The minimum absolute atomic E-state index is 0.221.